The maximum absolute atomic E-state index is 13.2. The molecule has 0 aliphatic heterocycles. The number of aliphatic hydroxyl groups excluding tert-OH is 1. The molecule has 0 aliphatic rings. The van der Waals surface area contributed by atoms with Crippen LogP contribution in [0.4, 0.5) is 10.1 Å². The summed E-state index contributed by atoms with van der Waals surface area (Å²) in [6.45, 7) is 0.229. The van der Waals surface area contributed by atoms with Crippen molar-refractivity contribution in [2.24, 2.45) is 0 Å². The van der Waals surface area contributed by atoms with Crippen LogP contribution in [0.2, 0.25) is 0 Å². The lowest BCUT2D eigenvalue weighted by atomic mass is 10.3. The van der Waals surface area contributed by atoms with E-state index in [1.165, 1.54) is 6.07 Å². The molecular weight excluding hydrogens is 225 g/mol. The number of benzene rings is 1. The summed E-state index contributed by atoms with van der Waals surface area (Å²) in [5, 5.41) is 11.9. The number of alkyl halides is 1. The second-order valence-corrected chi connectivity index (χ2v) is 3.68. The zero-order valence-electron chi connectivity index (χ0n) is 7.37. The van der Waals surface area contributed by atoms with E-state index >= 15 is 0 Å². The van der Waals surface area contributed by atoms with E-state index in [-0.39, 0.29) is 18.2 Å². The van der Waals surface area contributed by atoms with Crippen molar-refractivity contribution in [1.29, 1.82) is 0 Å². The van der Waals surface area contributed by atoms with Crippen molar-refractivity contribution >= 4 is 29.9 Å². The molecule has 0 aliphatic carbocycles. The highest BCUT2D eigenvalue weighted by molar-refractivity contribution is 7.80. The van der Waals surface area contributed by atoms with Crippen molar-refractivity contribution in [3.63, 3.8) is 0 Å². The normalized spacial score (nSPS) is 12.6. The van der Waals surface area contributed by atoms with Crippen molar-refractivity contribution in [2.75, 3.05) is 17.7 Å². The smallest absolute Gasteiger partial charge is 0.147 e. The Morgan fingerprint density at radius 3 is 2.86 bits per heavy atom. The van der Waals surface area contributed by atoms with Gasteiger partial charge in [0.25, 0.3) is 0 Å². The first-order valence-electron chi connectivity index (χ1n) is 4.10. The zero-order chi connectivity index (χ0) is 10.6. The van der Waals surface area contributed by atoms with E-state index in [2.05, 4.69) is 17.9 Å². The molecule has 2 nitrogen and oxygen atoms in total. The molecule has 1 aromatic rings. The van der Waals surface area contributed by atoms with Crippen molar-refractivity contribution in [1.82, 2.24) is 0 Å². The first-order valence-corrected chi connectivity index (χ1v) is 5.08. The number of halogens is 2. The fraction of sp³-hybridized carbons (Fsp3) is 0.333. The molecule has 1 rings (SSSR count). The van der Waals surface area contributed by atoms with Crippen LogP contribution in [0.15, 0.2) is 23.1 Å². The third-order valence-electron chi connectivity index (χ3n) is 1.66. The topological polar surface area (TPSA) is 32.3 Å². The number of aliphatic hydroxyl groups is 1. The van der Waals surface area contributed by atoms with Gasteiger partial charge in [-0.25, -0.2) is 4.39 Å². The quantitative estimate of drug-likeness (QED) is 0.552. The maximum Gasteiger partial charge on any atom is 0.147 e. The third-order valence-corrected chi connectivity index (χ3v) is 2.29. The van der Waals surface area contributed by atoms with E-state index in [1.807, 2.05) is 0 Å². The van der Waals surface area contributed by atoms with Gasteiger partial charge in [-0.05, 0) is 18.2 Å². The molecule has 78 valence electrons. The van der Waals surface area contributed by atoms with Gasteiger partial charge in [-0.3, -0.25) is 0 Å². The zero-order valence-corrected chi connectivity index (χ0v) is 9.02. The number of thiol groups is 1. The average molecular weight is 236 g/mol. The summed E-state index contributed by atoms with van der Waals surface area (Å²) in [5.74, 6) is -0.265. The van der Waals surface area contributed by atoms with Crippen LogP contribution in [-0.2, 0) is 0 Å². The van der Waals surface area contributed by atoms with Gasteiger partial charge in [-0.2, -0.15) is 0 Å². The van der Waals surface area contributed by atoms with Crippen LogP contribution >= 0.6 is 24.2 Å². The Morgan fingerprint density at radius 1 is 1.57 bits per heavy atom. The van der Waals surface area contributed by atoms with E-state index in [0.717, 1.165) is 0 Å². The van der Waals surface area contributed by atoms with E-state index in [4.69, 9.17) is 16.7 Å². The summed E-state index contributed by atoms with van der Waals surface area (Å²) < 4.78 is 13.2. The predicted molar refractivity (Wildman–Crippen MR) is 58.9 cm³/mol. The minimum Gasteiger partial charge on any atom is -0.390 e. The molecule has 1 atom stereocenters. The fourth-order valence-electron chi connectivity index (χ4n) is 0.930. The minimum absolute atomic E-state index is 0.124. The van der Waals surface area contributed by atoms with Gasteiger partial charge in [0.1, 0.15) is 5.82 Å². The molecule has 0 saturated heterocycles. The molecule has 2 N–H and O–H groups in total. The van der Waals surface area contributed by atoms with Crippen LogP contribution < -0.4 is 5.32 Å². The van der Waals surface area contributed by atoms with Crippen LogP contribution in [0, 0.1) is 5.82 Å². The van der Waals surface area contributed by atoms with Crippen molar-refractivity contribution < 1.29 is 9.50 Å². The molecule has 0 bridgehead atoms. The second-order valence-electron chi connectivity index (χ2n) is 2.85. The average Bonchev–Trinajstić information content (AvgIpc) is 2.16. The lowest BCUT2D eigenvalue weighted by Gasteiger charge is -2.10. The van der Waals surface area contributed by atoms with Crippen LogP contribution in [0.3, 0.4) is 0 Å². The van der Waals surface area contributed by atoms with Crippen LogP contribution in [0.25, 0.3) is 0 Å². The van der Waals surface area contributed by atoms with Crippen LogP contribution in [0.1, 0.15) is 0 Å². The molecular formula is C9H11ClFNOS. The second kappa shape index (κ2) is 5.44. The fourth-order valence-corrected chi connectivity index (χ4v) is 1.23. The summed E-state index contributed by atoms with van der Waals surface area (Å²) in [7, 11) is 0. The van der Waals surface area contributed by atoms with Gasteiger partial charge in [0.2, 0.25) is 0 Å². The van der Waals surface area contributed by atoms with Gasteiger partial charge in [-0.1, -0.05) is 0 Å². The Balaban J connectivity index is 2.59. The predicted octanol–water partition coefficient (Wildman–Crippen LogP) is 2.13. The minimum atomic E-state index is -0.674. The molecule has 0 spiro atoms. The van der Waals surface area contributed by atoms with E-state index < -0.39 is 6.10 Å². The number of rotatable bonds is 4. The first-order chi connectivity index (χ1) is 6.63. The van der Waals surface area contributed by atoms with Gasteiger partial charge >= 0.3 is 0 Å². The monoisotopic (exact) mass is 235 g/mol. The van der Waals surface area contributed by atoms with Crippen molar-refractivity contribution in [3.8, 4) is 0 Å². The molecule has 0 aromatic heterocycles. The van der Waals surface area contributed by atoms with Crippen LogP contribution in [-0.4, -0.2) is 23.6 Å². The van der Waals surface area contributed by atoms with E-state index in [0.29, 0.717) is 10.6 Å². The van der Waals surface area contributed by atoms with Crippen LogP contribution in [0.5, 0.6) is 0 Å². The molecule has 0 fully saturated rings. The van der Waals surface area contributed by atoms with Crippen molar-refractivity contribution in [3.05, 3.63) is 24.0 Å². The molecule has 0 radical (unpaired) electrons. The Bertz CT molecular complexity index is 311. The SMILES string of the molecule is OC(CCl)CNc1ccc(S)cc1F. The van der Waals surface area contributed by atoms with E-state index in [9.17, 15) is 4.39 Å². The summed E-state index contributed by atoms with van der Waals surface area (Å²) in [6.07, 6.45) is -0.674. The Morgan fingerprint density at radius 2 is 2.29 bits per heavy atom. The summed E-state index contributed by atoms with van der Waals surface area (Å²) in [5.41, 5.74) is 0.340. The molecule has 0 saturated carbocycles. The highest BCUT2D eigenvalue weighted by Crippen LogP contribution is 2.17. The summed E-state index contributed by atoms with van der Waals surface area (Å²) >= 11 is 9.38. The third kappa shape index (κ3) is 3.36. The Hall–Kier alpha value is -0.450. The van der Waals surface area contributed by atoms with Gasteiger partial charge in [0.05, 0.1) is 17.7 Å². The Labute approximate surface area is 92.5 Å². The van der Waals surface area contributed by atoms with Gasteiger partial charge in [-0.15, -0.1) is 24.2 Å². The van der Waals surface area contributed by atoms with Crippen molar-refractivity contribution in [2.45, 2.75) is 11.0 Å². The standard InChI is InChI=1S/C9H11ClFNOS/c10-4-6(13)5-12-9-2-1-7(14)3-8(9)11/h1-3,6,12-14H,4-5H2. The molecule has 1 aromatic carbocycles. The molecule has 5 heteroatoms. The lowest BCUT2D eigenvalue weighted by molar-refractivity contribution is 0.211. The molecule has 1 unspecified atom stereocenters. The van der Waals surface area contributed by atoms with Gasteiger partial charge < -0.3 is 10.4 Å². The van der Waals surface area contributed by atoms with Gasteiger partial charge in [0, 0.05) is 11.4 Å². The summed E-state index contributed by atoms with van der Waals surface area (Å²) in [6, 6.07) is 4.54. The number of hydrogen-bond acceptors (Lipinski definition) is 3. The lowest BCUT2D eigenvalue weighted by Crippen LogP contribution is -2.21. The Kier molecular flexibility index (Phi) is 4.51. The highest BCUT2D eigenvalue weighted by Gasteiger charge is 2.05. The molecule has 0 heterocycles. The number of nitrogens with one attached hydrogen (secondary N) is 1. The van der Waals surface area contributed by atoms with Gasteiger partial charge in [0.15, 0.2) is 0 Å². The number of hydrogen-bond donors (Lipinski definition) is 3. The summed E-state index contributed by atoms with van der Waals surface area (Å²) in [4.78, 5) is 0.561. The number of anilines is 1. The highest BCUT2D eigenvalue weighted by atomic mass is 35.5. The maximum atomic E-state index is 13.2. The molecule has 14 heavy (non-hydrogen) atoms. The van der Waals surface area contributed by atoms with E-state index in [1.54, 1.807) is 12.1 Å². The first kappa shape index (κ1) is 11.6. The molecule has 0 amide bonds. The largest absolute Gasteiger partial charge is 0.390 e.